The van der Waals surface area contributed by atoms with E-state index < -0.39 is 0 Å². The molecule has 0 saturated heterocycles. The van der Waals surface area contributed by atoms with Crippen molar-refractivity contribution in [1.29, 1.82) is 0 Å². The fourth-order valence-electron chi connectivity index (χ4n) is 3.48. The predicted molar refractivity (Wildman–Crippen MR) is 92.0 cm³/mol. The Labute approximate surface area is 136 Å². The predicted octanol–water partition coefficient (Wildman–Crippen LogP) is 5.62. The fourth-order valence-corrected chi connectivity index (χ4v) is 3.79. The van der Waals surface area contributed by atoms with Crippen LogP contribution in [0.5, 0.6) is 0 Å². The summed E-state index contributed by atoms with van der Waals surface area (Å²) in [6.07, 6.45) is 13.3. The fraction of sp³-hybridized carbons (Fsp3) is 0.611. The van der Waals surface area contributed by atoms with Crippen LogP contribution < -0.4 is 0 Å². The largest absolute Gasteiger partial charge is 0.300 e. The van der Waals surface area contributed by atoms with Crippen LogP contribution in [0.25, 0.3) is 5.65 Å². The molecule has 0 spiro atoms. The van der Waals surface area contributed by atoms with Crippen LogP contribution in [0, 0.1) is 6.92 Å². The second-order valence-corrected chi connectivity index (χ2v) is 7.15. The summed E-state index contributed by atoms with van der Waals surface area (Å²) < 4.78 is 3.56. The third-order valence-corrected chi connectivity index (χ3v) is 5.56. The molecule has 2 aromatic rings. The molecule has 114 valence electrons. The zero-order valence-corrected chi connectivity index (χ0v) is 14.6. The summed E-state index contributed by atoms with van der Waals surface area (Å²) in [5, 5.41) is 0. The number of rotatable bonds is 0. The van der Waals surface area contributed by atoms with Gasteiger partial charge in [-0.2, -0.15) is 0 Å². The number of nitrogens with zero attached hydrogens (tertiary/aromatic N) is 2. The minimum Gasteiger partial charge on any atom is -0.300 e. The first-order valence-corrected chi connectivity index (χ1v) is 9.22. The van der Waals surface area contributed by atoms with E-state index in [4.69, 9.17) is 4.98 Å². The van der Waals surface area contributed by atoms with E-state index in [0.29, 0.717) is 0 Å². The minimum atomic E-state index is 1.12. The molecule has 0 atom stereocenters. The van der Waals surface area contributed by atoms with Gasteiger partial charge in [0.05, 0.1) is 5.69 Å². The SMILES string of the molecule is Cc1c(Br)ccc2nc3c(n12)CCCCCCCCCC3. The molecule has 0 bridgehead atoms. The Morgan fingerprint density at radius 3 is 2.24 bits per heavy atom. The molecule has 0 fully saturated rings. The standard InChI is InChI=1S/C18H25BrN2/c1-14-15(19)12-13-18-20-16-10-8-6-4-2-3-5-7-9-11-17(16)21(14)18/h12-13H,2-11H2,1H3. The normalized spacial score (nSPS) is 18.0. The molecule has 0 aliphatic heterocycles. The van der Waals surface area contributed by atoms with E-state index >= 15 is 0 Å². The summed E-state index contributed by atoms with van der Waals surface area (Å²) in [5.41, 5.74) is 5.21. The minimum absolute atomic E-state index is 1.12. The summed E-state index contributed by atoms with van der Waals surface area (Å²) >= 11 is 3.67. The molecule has 0 aromatic carbocycles. The molecular weight excluding hydrogens is 324 g/mol. The highest BCUT2D eigenvalue weighted by atomic mass is 79.9. The molecule has 2 heterocycles. The highest BCUT2D eigenvalue weighted by Crippen LogP contribution is 2.25. The van der Waals surface area contributed by atoms with E-state index in [0.717, 1.165) is 12.1 Å². The molecule has 0 amide bonds. The van der Waals surface area contributed by atoms with Gasteiger partial charge in [-0.25, -0.2) is 4.98 Å². The quantitative estimate of drug-likeness (QED) is 0.603. The molecule has 1 aliphatic rings. The second-order valence-electron chi connectivity index (χ2n) is 6.29. The van der Waals surface area contributed by atoms with Gasteiger partial charge in [-0.15, -0.1) is 0 Å². The van der Waals surface area contributed by atoms with E-state index in [-0.39, 0.29) is 0 Å². The third kappa shape index (κ3) is 3.33. The van der Waals surface area contributed by atoms with Gasteiger partial charge in [0, 0.05) is 15.9 Å². The molecule has 2 nitrogen and oxygen atoms in total. The Balaban J connectivity index is 1.97. The average molecular weight is 349 g/mol. The zero-order valence-electron chi connectivity index (χ0n) is 13.0. The number of pyridine rings is 1. The van der Waals surface area contributed by atoms with Crippen molar-refractivity contribution in [2.75, 3.05) is 0 Å². The van der Waals surface area contributed by atoms with E-state index in [1.54, 1.807) is 0 Å². The van der Waals surface area contributed by atoms with E-state index in [2.05, 4.69) is 39.4 Å². The van der Waals surface area contributed by atoms with Crippen LogP contribution in [0.4, 0.5) is 0 Å². The lowest BCUT2D eigenvalue weighted by Gasteiger charge is -2.10. The number of imidazole rings is 1. The number of aromatic nitrogens is 2. The van der Waals surface area contributed by atoms with Gasteiger partial charge in [-0.3, -0.25) is 4.40 Å². The Morgan fingerprint density at radius 2 is 1.52 bits per heavy atom. The van der Waals surface area contributed by atoms with Crippen molar-refractivity contribution in [2.24, 2.45) is 0 Å². The molecule has 21 heavy (non-hydrogen) atoms. The van der Waals surface area contributed by atoms with Gasteiger partial charge in [0.1, 0.15) is 5.65 Å². The molecule has 0 saturated carbocycles. The van der Waals surface area contributed by atoms with Crippen LogP contribution in [0.2, 0.25) is 0 Å². The van der Waals surface area contributed by atoms with Gasteiger partial charge < -0.3 is 0 Å². The summed E-state index contributed by atoms with van der Waals surface area (Å²) in [6.45, 7) is 2.19. The van der Waals surface area contributed by atoms with Crippen molar-refractivity contribution >= 4 is 21.6 Å². The lowest BCUT2D eigenvalue weighted by Crippen LogP contribution is -2.02. The van der Waals surface area contributed by atoms with Crippen LogP contribution in [-0.2, 0) is 12.8 Å². The van der Waals surface area contributed by atoms with E-state index in [1.807, 2.05) is 0 Å². The van der Waals surface area contributed by atoms with Crippen LogP contribution >= 0.6 is 15.9 Å². The van der Waals surface area contributed by atoms with Crippen molar-refractivity contribution in [1.82, 2.24) is 9.38 Å². The first-order valence-electron chi connectivity index (χ1n) is 8.42. The monoisotopic (exact) mass is 348 g/mol. The molecule has 1 aliphatic carbocycles. The van der Waals surface area contributed by atoms with Crippen LogP contribution in [-0.4, -0.2) is 9.38 Å². The third-order valence-electron chi connectivity index (χ3n) is 4.72. The lowest BCUT2D eigenvalue weighted by atomic mass is 10.0. The summed E-state index contributed by atoms with van der Waals surface area (Å²) in [4.78, 5) is 4.93. The van der Waals surface area contributed by atoms with Gasteiger partial charge in [0.25, 0.3) is 0 Å². The van der Waals surface area contributed by atoms with Crippen LogP contribution in [0.1, 0.15) is 68.4 Å². The smallest absolute Gasteiger partial charge is 0.137 e. The van der Waals surface area contributed by atoms with Gasteiger partial charge in [-0.05, 0) is 60.7 Å². The maximum absolute atomic E-state index is 4.93. The summed E-state index contributed by atoms with van der Waals surface area (Å²) in [5.74, 6) is 0. The molecule has 2 aromatic heterocycles. The molecule has 3 heteroatoms. The number of fused-ring (bicyclic) bond motifs is 3. The molecular formula is C18H25BrN2. The number of aryl methyl sites for hydroxylation is 3. The van der Waals surface area contributed by atoms with Gasteiger partial charge >= 0.3 is 0 Å². The van der Waals surface area contributed by atoms with Gasteiger partial charge in [0.15, 0.2) is 0 Å². The first kappa shape index (κ1) is 15.1. The number of hydrogen-bond donors (Lipinski definition) is 0. The second kappa shape index (κ2) is 6.95. The number of hydrogen-bond acceptors (Lipinski definition) is 1. The Hall–Kier alpha value is -0.830. The highest BCUT2D eigenvalue weighted by molar-refractivity contribution is 9.10. The van der Waals surface area contributed by atoms with E-state index in [1.165, 1.54) is 79.3 Å². The molecule has 3 rings (SSSR count). The first-order chi connectivity index (χ1) is 10.3. The molecule has 0 unspecified atom stereocenters. The molecule has 0 N–H and O–H groups in total. The van der Waals surface area contributed by atoms with Crippen molar-refractivity contribution in [2.45, 2.75) is 71.1 Å². The Kier molecular flexibility index (Phi) is 4.99. The topological polar surface area (TPSA) is 17.3 Å². The van der Waals surface area contributed by atoms with E-state index in [9.17, 15) is 0 Å². The average Bonchev–Trinajstić information content (AvgIpc) is 2.81. The lowest BCUT2D eigenvalue weighted by molar-refractivity contribution is 0.555. The van der Waals surface area contributed by atoms with Crippen LogP contribution in [0.15, 0.2) is 16.6 Å². The maximum Gasteiger partial charge on any atom is 0.137 e. The summed E-state index contributed by atoms with van der Waals surface area (Å²) in [6, 6.07) is 4.27. The van der Waals surface area contributed by atoms with Crippen molar-refractivity contribution in [3.63, 3.8) is 0 Å². The van der Waals surface area contributed by atoms with Crippen molar-refractivity contribution in [3.05, 3.63) is 33.7 Å². The number of halogens is 1. The summed E-state index contributed by atoms with van der Waals surface area (Å²) in [7, 11) is 0. The molecule has 0 radical (unpaired) electrons. The van der Waals surface area contributed by atoms with Crippen molar-refractivity contribution in [3.8, 4) is 0 Å². The highest BCUT2D eigenvalue weighted by Gasteiger charge is 2.14. The van der Waals surface area contributed by atoms with Crippen LogP contribution in [0.3, 0.4) is 0 Å². The Morgan fingerprint density at radius 1 is 0.905 bits per heavy atom. The Bertz CT molecular complexity index is 615. The van der Waals surface area contributed by atoms with Gasteiger partial charge in [0.2, 0.25) is 0 Å². The maximum atomic E-state index is 4.93. The zero-order chi connectivity index (χ0) is 14.7. The van der Waals surface area contributed by atoms with Gasteiger partial charge in [-0.1, -0.05) is 38.5 Å². The van der Waals surface area contributed by atoms with Crippen molar-refractivity contribution < 1.29 is 0 Å².